The van der Waals surface area contributed by atoms with Crippen molar-refractivity contribution in [3.8, 4) is 0 Å². The molecule has 0 radical (unpaired) electrons. The minimum Gasteiger partial charge on any atom is -0.299 e. The molecule has 1 N–H and O–H groups in total. The smallest absolute Gasteiger partial charge is 0.0563 e. The van der Waals surface area contributed by atoms with Gasteiger partial charge in [-0.15, -0.1) is 11.8 Å². The van der Waals surface area contributed by atoms with Crippen molar-refractivity contribution in [2.45, 2.75) is 51.4 Å². The lowest BCUT2D eigenvalue weighted by Gasteiger charge is -2.22. The van der Waals surface area contributed by atoms with E-state index in [0.29, 0.717) is 10.9 Å². The van der Waals surface area contributed by atoms with Crippen LogP contribution in [0.3, 0.4) is 0 Å². The summed E-state index contributed by atoms with van der Waals surface area (Å²) in [5, 5.41) is 4.37. The van der Waals surface area contributed by atoms with Crippen molar-refractivity contribution in [2.75, 3.05) is 5.75 Å². The fourth-order valence-electron chi connectivity index (χ4n) is 1.68. The molecule has 0 amide bonds. The van der Waals surface area contributed by atoms with Gasteiger partial charge in [0.25, 0.3) is 0 Å². The van der Waals surface area contributed by atoms with Crippen molar-refractivity contribution < 1.29 is 0 Å². The molecule has 0 aromatic carbocycles. The Balaban J connectivity index is 2.36. The van der Waals surface area contributed by atoms with E-state index in [1.54, 1.807) is 0 Å². The zero-order valence-corrected chi connectivity index (χ0v) is 9.50. The van der Waals surface area contributed by atoms with Crippen LogP contribution >= 0.6 is 11.8 Å². The van der Waals surface area contributed by atoms with Crippen molar-refractivity contribution in [3.05, 3.63) is 0 Å². The molecule has 0 aromatic heterocycles. The fraction of sp³-hybridized carbons (Fsp3) is 1.00. The first-order valence-corrected chi connectivity index (χ1v) is 5.99. The second-order valence-corrected chi connectivity index (χ2v) is 5.66. The molecule has 1 heterocycles. The largest absolute Gasteiger partial charge is 0.299 e. The third-order valence-corrected chi connectivity index (χ3v) is 4.25. The Labute approximate surface area is 80.7 Å². The van der Waals surface area contributed by atoms with Crippen molar-refractivity contribution >= 4 is 11.8 Å². The molecule has 1 aliphatic rings. The molecule has 0 aromatic rings. The lowest BCUT2D eigenvalue weighted by Crippen LogP contribution is -2.41. The van der Waals surface area contributed by atoms with Crippen molar-refractivity contribution in [1.29, 1.82) is 0 Å². The maximum Gasteiger partial charge on any atom is 0.0563 e. The first-order chi connectivity index (χ1) is 5.55. The molecule has 2 atom stereocenters. The van der Waals surface area contributed by atoms with E-state index >= 15 is 0 Å². The third-order valence-electron chi connectivity index (χ3n) is 2.42. The van der Waals surface area contributed by atoms with Crippen LogP contribution in [-0.2, 0) is 0 Å². The van der Waals surface area contributed by atoms with Crippen LogP contribution in [-0.4, -0.2) is 16.7 Å². The van der Waals surface area contributed by atoms with Gasteiger partial charge in [0, 0.05) is 11.3 Å². The molecule has 1 nitrogen and oxygen atoms in total. The van der Waals surface area contributed by atoms with Gasteiger partial charge in [-0.05, 0) is 26.2 Å². The SMILES string of the molecule is CCCC(C)C1NC(C)(C)CS1. The summed E-state index contributed by atoms with van der Waals surface area (Å²) in [6.07, 6.45) is 2.65. The van der Waals surface area contributed by atoms with E-state index < -0.39 is 0 Å². The molecule has 0 bridgehead atoms. The van der Waals surface area contributed by atoms with E-state index in [1.807, 2.05) is 0 Å². The van der Waals surface area contributed by atoms with E-state index in [1.165, 1.54) is 18.6 Å². The van der Waals surface area contributed by atoms with Crippen LogP contribution in [0.5, 0.6) is 0 Å². The summed E-state index contributed by atoms with van der Waals surface area (Å²) in [4.78, 5) is 0. The maximum atomic E-state index is 3.68. The van der Waals surface area contributed by atoms with Gasteiger partial charge in [-0.25, -0.2) is 0 Å². The molecule has 1 saturated heterocycles. The minimum absolute atomic E-state index is 0.358. The van der Waals surface area contributed by atoms with Gasteiger partial charge in [-0.3, -0.25) is 5.32 Å². The Morgan fingerprint density at radius 3 is 2.67 bits per heavy atom. The second-order valence-electron chi connectivity index (χ2n) is 4.53. The minimum atomic E-state index is 0.358. The van der Waals surface area contributed by atoms with Gasteiger partial charge in [0.1, 0.15) is 0 Å². The lowest BCUT2D eigenvalue weighted by molar-refractivity contribution is 0.375. The van der Waals surface area contributed by atoms with Gasteiger partial charge in [-0.2, -0.15) is 0 Å². The molecule has 0 aliphatic carbocycles. The van der Waals surface area contributed by atoms with Crippen molar-refractivity contribution in [3.63, 3.8) is 0 Å². The normalized spacial score (nSPS) is 30.5. The second kappa shape index (κ2) is 4.01. The van der Waals surface area contributed by atoms with Gasteiger partial charge < -0.3 is 0 Å². The first kappa shape index (κ1) is 10.4. The quantitative estimate of drug-likeness (QED) is 0.729. The Bertz CT molecular complexity index is 145. The summed E-state index contributed by atoms with van der Waals surface area (Å²) in [7, 11) is 0. The zero-order chi connectivity index (χ0) is 9.19. The molecule has 12 heavy (non-hydrogen) atoms. The lowest BCUT2D eigenvalue weighted by atomic mass is 10.0. The highest BCUT2D eigenvalue weighted by atomic mass is 32.2. The first-order valence-electron chi connectivity index (χ1n) is 4.94. The van der Waals surface area contributed by atoms with Crippen molar-refractivity contribution in [1.82, 2.24) is 5.32 Å². The third kappa shape index (κ3) is 2.67. The highest BCUT2D eigenvalue weighted by Crippen LogP contribution is 2.32. The molecular formula is C10H21NS. The van der Waals surface area contributed by atoms with Gasteiger partial charge in [0.05, 0.1) is 5.37 Å². The number of hydrogen-bond donors (Lipinski definition) is 1. The average Bonchev–Trinajstić information content (AvgIpc) is 2.31. The summed E-state index contributed by atoms with van der Waals surface area (Å²) >= 11 is 2.09. The van der Waals surface area contributed by atoms with Crippen LogP contribution < -0.4 is 5.32 Å². The molecular weight excluding hydrogens is 166 g/mol. The molecule has 1 rings (SSSR count). The summed E-state index contributed by atoms with van der Waals surface area (Å²) < 4.78 is 0. The Morgan fingerprint density at radius 2 is 2.25 bits per heavy atom. The molecule has 0 saturated carbocycles. The molecule has 2 unspecified atom stereocenters. The monoisotopic (exact) mass is 187 g/mol. The summed E-state index contributed by atoms with van der Waals surface area (Å²) in [5.41, 5.74) is 0.358. The number of hydrogen-bond acceptors (Lipinski definition) is 2. The molecule has 1 aliphatic heterocycles. The molecule has 2 heteroatoms. The average molecular weight is 187 g/mol. The highest BCUT2D eigenvalue weighted by Gasteiger charge is 2.32. The van der Waals surface area contributed by atoms with Crippen LogP contribution in [0, 0.1) is 5.92 Å². The van der Waals surface area contributed by atoms with E-state index in [-0.39, 0.29) is 0 Å². The van der Waals surface area contributed by atoms with Crippen LogP contribution in [0.25, 0.3) is 0 Å². The Kier molecular flexibility index (Phi) is 3.47. The molecule has 72 valence electrons. The molecule has 1 fully saturated rings. The predicted octanol–water partition coefficient (Wildman–Crippen LogP) is 2.86. The summed E-state index contributed by atoms with van der Waals surface area (Å²) in [5.74, 6) is 2.08. The van der Waals surface area contributed by atoms with E-state index in [9.17, 15) is 0 Å². The standard InChI is InChI=1S/C10H21NS/c1-5-6-8(2)9-11-10(3,4)7-12-9/h8-9,11H,5-7H2,1-4H3. The van der Waals surface area contributed by atoms with Crippen LogP contribution in [0.4, 0.5) is 0 Å². The van der Waals surface area contributed by atoms with Gasteiger partial charge in [0.2, 0.25) is 0 Å². The van der Waals surface area contributed by atoms with Crippen molar-refractivity contribution in [2.24, 2.45) is 5.92 Å². The van der Waals surface area contributed by atoms with E-state index in [2.05, 4.69) is 44.8 Å². The summed E-state index contributed by atoms with van der Waals surface area (Å²) in [6.45, 7) is 9.20. The van der Waals surface area contributed by atoms with E-state index in [4.69, 9.17) is 0 Å². The van der Waals surface area contributed by atoms with Crippen LogP contribution in [0.1, 0.15) is 40.5 Å². The van der Waals surface area contributed by atoms with E-state index in [0.717, 1.165) is 5.92 Å². The predicted molar refractivity (Wildman–Crippen MR) is 57.5 cm³/mol. The Morgan fingerprint density at radius 1 is 1.58 bits per heavy atom. The maximum absolute atomic E-state index is 3.68. The van der Waals surface area contributed by atoms with Gasteiger partial charge >= 0.3 is 0 Å². The van der Waals surface area contributed by atoms with Gasteiger partial charge in [0.15, 0.2) is 0 Å². The number of thioether (sulfide) groups is 1. The van der Waals surface area contributed by atoms with Crippen LogP contribution in [0.15, 0.2) is 0 Å². The number of nitrogens with one attached hydrogen (secondary N) is 1. The summed E-state index contributed by atoms with van der Waals surface area (Å²) in [6, 6.07) is 0. The molecule has 0 spiro atoms. The fourth-order valence-corrected chi connectivity index (χ4v) is 3.23. The zero-order valence-electron chi connectivity index (χ0n) is 8.68. The van der Waals surface area contributed by atoms with Gasteiger partial charge in [-0.1, -0.05) is 20.3 Å². The topological polar surface area (TPSA) is 12.0 Å². The Hall–Kier alpha value is 0.310. The highest BCUT2D eigenvalue weighted by molar-refractivity contribution is 8.00. The van der Waals surface area contributed by atoms with Crippen LogP contribution in [0.2, 0.25) is 0 Å². The number of rotatable bonds is 3.